The van der Waals surface area contributed by atoms with E-state index in [2.05, 4.69) is 0 Å². The zero-order valence-corrected chi connectivity index (χ0v) is 18.3. The number of nitriles is 1. The van der Waals surface area contributed by atoms with Crippen LogP contribution in [0.4, 0.5) is 0 Å². The van der Waals surface area contributed by atoms with Crippen LogP contribution in [0.5, 0.6) is 17.4 Å². The maximum Gasteiger partial charge on any atom is 0.272 e. The molecule has 2 unspecified atom stereocenters. The van der Waals surface area contributed by atoms with Crippen LogP contribution in [0.2, 0.25) is 0 Å². The highest BCUT2D eigenvalue weighted by molar-refractivity contribution is 6.03. The summed E-state index contributed by atoms with van der Waals surface area (Å²) in [5.41, 5.74) is -0.111. The van der Waals surface area contributed by atoms with Gasteiger partial charge >= 0.3 is 0 Å². The maximum absolute atomic E-state index is 13.3. The van der Waals surface area contributed by atoms with E-state index in [0.717, 1.165) is 10.1 Å². The number of pyridine rings is 1. The number of ether oxygens (including phenoxy) is 2. The molecule has 3 rings (SSSR count). The number of hydrogen-bond acceptors (Lipinski definition) is 6. The zero-order valence-electron chi connectivity index (χ0n) is 18.3. The maximum atomic E-state index is 13.3. The Balaban J connectivity index is 2.11. The molecule has 0 spiro atoms. The molecule has 1 aromatic heterocycles. The van der Waals surface area contributed by atoms with E-state index in [1.165, 1.54) is 21.0 Å². The van der Waals surface area contributed by atoms with Gasteiger partial charge in [0.1, 0.15) is 11.6 Å². The number of hydrogen-bond donors (Lipinski definition) is 1. The lowest BCUT2D eigenvalue weighted by Gasteiger charge is -2.22. The van der Waals surface area contributed by atoms with E-state index in [1.807, 2.05) is 24.3 Å². The molecule has 7 nitrogen and oxygen atoms in total. The molecule has 0 radical (unpaired) electrons. The van der Waals surface area contributed by atoms with Crippen molar-refractivity contribution < 1.29 is 19.4 Å². The van der Waals surface area contributed by atoms with Gasteiger partial charge in [0.15, 0.2) is 17.6 Å². The number of Topliss-reactive ketones (excluding diaryl/α,β-unsaturated/α-hetero) is 1. The van der Waals surface area contributed by atoms with Gasteiger partial charge in [0, 0.05) is 0 Å². The normalized spacial score (nSPS) is 12.5. The van der Waals surface area contributed by atoms with E-state index in [4.69, 9.17) is 9.47 Å². The predicted molar refractivity (Wildman–Crippen MR) is 119 cm³/mol. The minimum atomic E-state index is -1.01. The van der Waals surface area contributed by atoms with E-state index in [1.54, 1.807) is 43.3 Å². The summed E-state index contributed by atoms with van der Waals surface area (Å²) in [6.45, 7) is 4.73. The van der Waals surface area contributed by atoms with Crippen molar-refractivity contribution in [3.8, 4) is 23.4 Å². The van der Waals surface area contributed by atoms with E-state index in [-0.39, 0.29) is 16.7 Å². The summed E-state index contributed by atoms with van der Waals surface area (Å²) in [5, 5.41) is 20.7. The number of aromatic nitrogens is 1. The summed E-state index contributed by atoms with van der Waals surface area (Å²) in [7, 11) is 1.49. The second kappa shape index (κ2) is 9.40. The zero-order chi connectivity index (χ0) is 23.4. The van der Waals surface area contributed by atoms with E-state index < -0.39 is 29.4 Å². The minimum absolute atomic E-state index is 0.118. The van der Waals surface area contributed by atoms with Gasteiger partial charge in [-0.2, -0.15) is 5.26 Å². The molecule has 0 amide bonds. The number of aromatic hydroxyl groups is 1. The monoisotopic (exact) mass is 432 g/mol. The largest absolute Gasteiger partial charge is 0.494 e. The number of carbonyl (C=O) groups is 1. The Morgan fingerprint density at radius 3 is 2.25 bits per heavy atom. The van der Waals surface area contributed by atoms with Crippen molar-refractivity contribution in [3.63, 3.8) is 0 Å². The molecule has 1 heterocycles. The van der Waals surface area contributed by atoms with Crippen LogP contribution in [-0.2, 0) is 0 Å². The molecule has 0 aliphatic rings. The minimum Gasteiger partial charge on any atom is -0.494 e. The lowest BCUT2D eigenvalue weighted by atomic mass is 9.98. The van der Waals surface area contributed by atoms with Gasteiger partial charge in [-0.1, -0.05) is 42.5 Å². The average molecular weight is 432 g/mol. The van der Waals surface area contributed by atoms with Crippen LogP contribution in [0, 0.1) is 18.3 Å². The Hall–Kier alpha value is -4.05. The summed E-state index contributed by atoms with van der Waals surface area (Å²) >= 11 is 0. The van der Waals surface area contributed by atoms with Crippen LogP contribution in [0.3, 0.4) is 0 Å². The third-order valence-corrected chi connectivity index (χ3v) is 5.40. The first-order valence-electron chi connectivity index (χ1n) is 10.1. The fourth-order valence-corrected chi connectivity index (χ4v) is 3.62. The van der Waals surface area contributed by atoms with Gasteiger partial charge < -0.3 is 14.6 Å². The molecule has 2 aromatic carbocycles. The van der Waals surface area contributed by atoms with Crippen LogP contribution in [0.15, 0.2) is 59.4 Å². The highest BCUT2D eigenvalue weighted by atomic mass is 16.5. The standard InChI is InChI=1S/C25H24N2O5/c1-15-19(14-26)24(29)27(16(2)18-10-6-5-7-11-18)25(30)22(15)23(28)17(3)32-21-13-9-8-12-20(21)31-4/h5-13,16-17,30H,1-4H3. The highest BCUT2D eigenvalue weighted by Gasteiger charge is 2.30. The predicted octanol–water partition coefficient (Wildman–Crippen LogP) is 4.00. The molecule has 0 fully saturated rings. The van der Waals surface area contributed by atoms with Gasteiger partial charge in [-0.3, -0.25) is 14.2 Å². The lowest BCUT2D eigenvalue weighted by molar-refractivity contribution is 0.0808. The summed E-state index contributed by atoms with van der Waals surface area (Å²) in [6, 6.07) is 17.2. The molecule has 1 N–H and O–H groups in total. The first-order chi connectivity index (χ1) is 15.3. The molecular formula is C25H24N2O5. The number of methoxy groups -OCH3 is 1. The van der Waals surface area contributed by atoms with Crippen LogP contribution >= 0.6 is 0 Å². The SMILES string of the molecule is COc1ccccc1OC(C)C(=O)c1c(C)c(C#N)c(=O)n(C(C)c2ccccc2)c1O. The number of rotatable bonds is 7. The fourth-order valence-electron chi connectivity index (χ4n) is 3.62. The molecule has 0 aliphatic heterocycles. The van der Waals surface area contributed by atoms with E-state index >= 15 is 0 Å². The molecule has 7 heteroatoms. The van der Waals surface area contributed by atoms with Crippen molar-refractivity contribution in [2.75, 3.05) is 7.11 Å². The molecule has 32 heavy (non-hydrogen) atoms. The van der Waals surface area contributed by atoms with Crippen LogP contribution in [0.25, 0.3) is 0 Å². The number of ketones is 1. The molecule has 0 saturated carbocycles. The molecule has 0 bridgehead atoms. The van der Waals surface area contributed by atoms with Crippen molar-refractivity contribution in [2.24, 2.45) is 0 Å². The Labute approximate surface area is 186 Å². The van der Waals surface area contributed by atoms with Crippen LogP contribution < -0.4 is 15.0 Å². The van der Waals surface area contributed by atoms with Gasteiger partial charge in [-0.05, 0) is 44.0 Å². The summed E-state index contributed by atoms with van der Waals surface area (Å²) < 4.78 is 12.1. The number of para-hydroxylation sites is 2. The first-order valence-corrected chi connectivity index (χ1v) is 10.1. The fraction of sp³-hybridized carbons (Fsp3) is 0.240. The van der Waals surface area contributed by atoms with Gasteiger partial charge in [-0.25, -0.2) is 0 Å². The van der Waals surface area contributed by atoms with Crippen molar-refractivity contribution in [3.05, 3.63) is 87.2 Å². The molecule has 3 aromatic rings. The number of benzene rings is 2. The average Bonchev–Trinajstić information content (AvgIpc) is 2.80. The van der Waals surface area contributed by atoms with Crippen molar-refractivity contribution >= 4 is 5.78 Å². The third-order valence-electron chi connectivity index (χ3n) is 5.40. The second-order valence-electron chi connectivity index (χ2n) is 7.35. The summed E-state index contributed by atoms with van der Waals surface area (Å²) in [4.78, 5) is 26.3. The summed E-state index contributed by atoms with van der Waals surface area (Å²) in [6.07, 6.45) is -1.01. The second-order valence-corrected chi connectivity index (χ2v) is 7.35. The Kier molecular flexibility index (Phi) is 6.64. The smallest absolute Gasteiger partial charge is 0.272 e. The Morgan fingerprint density at radius 2 is 1.66 bits per heavy atom. The van der Waals surface area contributed by atoms with Crippen molar-refractivity contribution in [1.82, 2.24) is 4.57 Å². The summed E-state index contributed by atoms with van der Waals surface area (Å²) in [5.74, 6) is -0.243. The molecular weight excluding hydrogens is 408 g/mol. The molecule has 2 atom stereocenters. The van der Waals surface area contributed by atoms with Crippen LogP contribution in [0.1, 0.15) is 46.9 Å². The molecule has 164 valence electrons. The lowest BCUT2D eigenvalue weighted by Crippen LogP contribution is -2.32. The van der Waals surface area contributed by atoms with Gasteiger partial charge in [0.05, 0.1) is 18.7 Å². The van der Waals surface area contributed by atoms with Gasteiger partial charge in [0.2, 0.25) is 11.7 Å². The Morgan fingerprint density at radius 1 is 1.06 bits per heavy atom. The van der Waals surface area contributed by atoms with E-state index in [0.29, 0.717) is 11.5 Å². The van der Waals surface area contributed by atoms with Crippen molar-refractivity contribution in [2.45, 2.75) is 32.9 Å². The quantitative estimate of drug-likeness (QED) is 0.566. The van der Waals surface area contributed by atoms with E-state index in [9.17, 15) is 20.0 Å². The number of carbonyl (C=O) groups excluding carboxylic acids is 1. The molecule has 0 aliphatic carbocycles. The number of nitrogens with zero attached hydrogens (tertiary/aromatic N) is 2. The topological polar surface area (TPSA) is 102 Å². The molecule has 0 saturated heterocycles. The van der Waals surface area contributed by atoms with Gasteiger partial charge in [0.25, 0.3) is 5.56 Å². The van der Waals surface area contributed by atoms with Crippen molar-refractivity contribution in [1.29, 1.82) is 5.26 Å². The third kappa shape index (κ3) is 4.08. The van der Waals surface area contributed by atoms with Crippen LogP contribution in [-0.4, -0.2) is 28.7 Å². The highest BCUT2D eigenvalue weighted by Crippen LogP contribution is 2.31. The first kappa shape index (κ1) is 22.6. The Bertz CT molecular complexity index is 1240. The van der Waals surface area contributed by atoms with Gasteiger partial charge in [-0.15, -0.1) is 0 Å².